The number of carbonyl (C=O) groups is 2. The third-order valence-electron chi connectivity index (χ3n) is 6.11. The molecule has 2 amide bonds. The Hall–Kier alpha value is -2.52. The molecule has 4 N–H and O–H groups in total. The highest BCUT2D eigenvalue weighted by molar-refractivity contribution is 5.85. The van der Waals surface area contributed by atoms with Gasteiger partial charge in [0.15, 0.2) is 0 Å². The van der Waals surface area contributed by atoms with Gasteiger partial charge in [-0.3, -0.25) is 9.59 Å². The number of hydrogen-bond acceptors (Lipinski definition) is 6. The maximum Gasteiger partial charge on any atom is 0.239 e. The van der Waals surface area contributed by atoms with Crippen molar-refractivity contribution < 1.29 is 19.1 Å². The molecule has 0 radical (unpaired) electrons. The average molecular weight is 525 g/mol. The summed E-state index contributed by atoms with van der Waals surface area (Å²) in [6.45, 7) is 2.42. The maximum absolute atomic E-state index is 12.8. The van der Waals surface area contributed by atoms with Crippen LogP contribution in [0.25, 0.3) is 0 Å². The van der Waals surface area contributed by atoms with E-state index in [0.29, 0.717) is 32.7 Å². The van der Waals surface area contributed by atoms with Crippen LogP contribution in [0, 0.1) is 0 Å². The lowest BCUT2D eigenvalue weighted by Crippen LogP contribution is -2.48. The summed E-state index contributed by atoms with van der Waals surface area (Å²) in [6, 6.07) is 17.4. The predicted octanol–water partition coefficient (Wildman–Crippen LogP) is 2.28. The molecule has 2 aromatic rings. The lowest BCUT2D eigenvalue weighted by atomic mass is 10.1. The molecular weight excluding hydrogens is 491 g/mol. The van der Waals surface area contributed by atoms with Crippen LogP contribution in [-0.2, 0) is 16.2 Å². The number of hydrogen-bond donors (Lipinski definition) is 3. The van der Waals surface area contributed by atoms with Gasteiger partial charge < -0.3 is 30.7 Å². The van der Waals surface area contributed by atoms with Gasteiger partial charge in [0.2, 0.25) is 11.8 Å². The summed E-state index contributed by atoms with van der Waals surface area (Å²) >= 11 is 0. The number of halogens is 2. The van der Waals surface area contributed by atoms with Gasteiger partial charge in [-0.05, 0) is 36.2 Å². The van der Waals surface area contributed by atoms with Gasteiger partial charge in [-0.2, -0.15) is 0 Å². The van der Waals surface area contributed by atoms with Gasteiger partial charge in [0.05, 0.1) is 12.6 Å². The van der Waals surface area contributed by atoms with Crippen LogP contribution in [0.1, 0.15) is 24.8 Å². The number of nitrogens with two attached hydrogens (primary N) is 1. The molecule has 2 aliphatic heterocycles. The first-order valence-corrected chi connectivity index (χ1v) is 11.6. The molecule has 0 bridgehead atoms. The fraction of sp³-hybridized carbons (Fsp3) is 0.440. The Labute approximate surface area is 218 Å². The normalized spacial score (nSPS) is 19.7. The van der Waals surface area contributed by atoms with E-state index in [1.807, 2.05) is 59.5 Å². The molecule has 2 fully saturated rings. The molecule has 8 nitrogen and oxygen atoms in total. The van der Waals surface area contributed by atoms with E-state index < -0.39 is 0 Å². The molecule has 35 heavy (non-hydrogen) atoms. The number of amides is 2. The van der Waals surface area contributed by atoms with Crippen LogP contribution < -0.4 is 25.8 Å². The number of benzene rings is 2. The van der Waals surface area contributed by atoms with Gasteiger partial charge in [0.1, 0.15) is 24.2 Å². The molecule has 2 aliphatic rings. The molecule has 0 aliphatic carbocycles. The van der Waals surface area contributed by atoms with Crippen molar-refractivity contribution in [2.45, 2.75) is 44.1 Å². The number of ether oxygens (including phenoxy) is 2. The molecule has 0 aromatic heterocycles. The molecule has 0 saturated carbocycles. The highest BCUT2D eigenvalue weighted by Crippen LogP contribution is 2.23. The van der Waals surface area contributed by atoms with Crippen LogP contribution in [0.2, 0.25) is 0 Å². The quantitative estimate of drug-likeness (QED) is 0.489. The Morgan fingerprint density at radius 2 is 1.66 bits per heavy atom. The second kappa shape index (κ2) is 14.1. The monoisotopic (exact) mass is 524 g/mol. The van der Waals surface area contributed by atoms with Crippen LogP contribution in [0.4, 0.5) is 0 Å². The van der Waals surface area contributed by atoms with Gasteiger partial charge in [-0.25, -0.2) is 0 Å². The SMILES string of the molecule is Cl.Cl.NCC(=O)NC1CN[C@@H](C(=O)N2CCC(Oc3ccc(OCc4ccccc4)cc3)CC2)C1. The number of nitrogens with zero attached hydrogens (tertiary/aromatic N) is 1. The molecule has 0 spiro atoms. The number of likely N-dealkylation sites (tertiary alicyclic amines) is 1. The van der Waals surface area contributed by atoms with Gasteiger partial charge in [0.25, 0.3) is 0 Å². The lowest BCUT2D eigenvalue weighted by molar-refractivity contribution is -0.135. The average Bonchev–Trinajstić information content (AvgIpc) is 3.32. The van der Waals surface area contributed by atoms with Crippen molar-refractivity contribution >= 4 is 36.6 Å². The molecule has 10 heteroatoms. The minimum absolute atomic E-state index is 0. The Kier molecular flexibility index (Phi) is 11.6. The summed E-state index contributed by atoms with van der Waals surface area (Å²) in [5.41, 5.74) is 6.47. The largest absolute Gasteiger partial charge is 0.490 e. The fourth-order valence-corrected chi connectivity index (χ4v) is 4.28. The van der Waals surface area contributed by atoms with Gasteiger partial charge in [0, 0.05) is 38.5 Å². The van der Waals surface area contributed by atoms with Crippen molar-refractivity contribution in [1.29, 1.82) is 0 Å². The Morgan fingerprint density at radius 3 is 2.31 bits per heavy atom. The van der Waals surface area contributed by atoms with E-state index in [1.54, 1.807) is 0 Å². The fourth-order valence-electron chi connectivity index (χ4n) is 4.28. The zero-order valence-electron chi connectivity index (χ0n) is 19.6. The molecule has 2 aromatic carbocycles. The van der Waals surface area contributed by atoms with Crippen LogP contribution in [0.3, 0.4) is 0 Å². The standard InChI is InChI=1S/C25H32N4O4.2ClH/c26-15-24(30)28-19-14-23(27-16-19)25(31)29-12-10-22(11-13-29)33-21-8-6-20(7-9-21)32-17-18-4-2-1-3-5-18;;/h1-9,19,22-23,27H,10-17,26H2,(H,28,30);2*1H/t19?,23-;;/m1../s1. The van der Waals surface area contributed by atoms with Crippen molar-refractivity contribution in [3.63, 3.8) is 0 Å². The van der Waals surface area contributed by atoms with Crippen LogP contribution in [0.15, 0.2) is 54.6 Å². The zero-order valence-corrected chi connectivity index (χ0v) is 21.2. The van der Waals surface area contributed by atoms with E-state index in [0.717, 1.165) is 29.9 Å². The molecular formula is C25H34Cl2N4O4. The third-order valence-corrected chi connectivity index (χ3v) is 6.11. The number of carbonyl (C=O) groups excluding carboxylic acids is 2. The Morgan fingerprint density at radius 1 is 1.00 bits per heavy atom. The smallest absolute Gasteiger partial charge is 0.239 e. The second-order valence-electron chi connectivity index (χ2n) is 8.55. The number of nitrogens with one attached hydrogen (secondary N) is 2. The highest BCUT2D eigenvalue weighted by Gasteiger charge is 2.34. The minimum atomic E-state index is -0.256. The summed E-state index contributed by atoms with van der Waals surface area (Å²) in [5, 5.41) is 6.07. The van der Waals surface area contributed by atoms with E-state index in [9.17, 15) is 9.59 Å². The van der Waals surface area contributed by atoms with Gasteiger partial charge in [-0.1, -0.05) is 30.3 Å². The first-order valence-electron chi connectivity index (χ1n) is 11.6. The zero-order chi connectivity index (χ0) is 23.0. The molecule has 2 heterocycles. The van der Waals surface area contributed by atoms with Crippen molar-refractivity contribution in [2.24, 2.45) is 5.73 Å². The predicted molar refractivity (Wildman–Crippen MR) is 139 cm³/mol. The first-order chi connectivity index (χ1) is 16.1. The van der Waals surface area contributed by atoms with Crippen molar-refractivity contribution in [3.05, 3.63) is 60.2 Å². The van der Waals surface area contributed by atoms with Crippen LogP contribution in [0.5, 0.6) is 11.5 Å². The van der Waals surface area contributed by atoms with E-state index in [2.05, 4.69) is 10.6 Å². The van der Waals surface area contributed by atoms with Gasteiger partial charge in [-0.15, -0.1) is 24.8 Å². The van der Waals surface area contributed by atoms with E-state index >= 15 is 0 Å². The Balaban J connectivity index is 0.00000216. The van der Waals surface area contributed by atoms with Crippen molar-refractivity contribution in [3.8, 4) is 11.5 Å². The molecule has 192 valence electrons. The first kappa shape index (κ1) is 28.7. The minimum Gasteiger partial charge on any atom is -0.490 e. The summed E-state index contributed by atoms with van der Waals surface area (Å²) in [4.78, 5) is 26.2. The maximum atomic E-state index is 12.8. The summed E-state index contributed by atoms with van der Waals surface area (Å²) in [5.74, 6) is 1.51. The van der Waals surface area contributed by atoms with E-state index in [4.69, 9.17) is 15.2 Å². The molecule has 2 saturated heterocycles. The summed E-state index contributed by atoms with van der Waals surface area (Å²) in [6.07, 6.45) is 2.26. The topological polar surface area (TPSA) is 106 Å². The highest BCUT2D eigenvalue weighted by atomic mass is 35.5. The van der Waals surface area contributed by atoms with E-state index in [-0.39, 0.29) is 61.4 Å². The summed E-state index contributed by atoms with van der Waals surface area (Å²) < 4.78 is 12.0. The third kappa shape index (κ3) is 8.28. The summed E-state index contributed by atoms with van der Waals surface area (Å²) in [7, 11) is 0. The number of piperidine rings is 1. The van der Waals surface area contributed by atoms with Crippen LogP contribution >= 0.6 is 24.8 Å². The molecule has 1 unspecified atom stereocenters. The number of rotatable bonds is 8. The van der Waals surface area contributed by atoms with E-state index in [1.165, 1.54) is 0 Å². The Bertz CT molecular complexity index is 925. The molecule has 4 rings (SSSR count). The second-order valence-corrected chi connectivity index (χ2v) is 8.55. The van der Waals surface area contributed by atoms with Gasteiger partial charge >= 0.3 is 0 Å². The van der Waals surface area contributed by atoms with Crippen LogP contribution in [-0.4, -0.2) is 61.1 Å². The molecule has 2 atom stereocenters. The van der Waals surface area contributed by atoms with Crippen molar-refractivity contribution in [1.82, 2.24) is 15.5 Å². The van der Waals surface area contributed by atoms with Crippen molar-refractivity contribution in [2.75, 3.05) is 26.2 Å². The lowest BCUT2D eigenvalue weighted by Gasteiger charge is -2.33.